The predicted molar refractivity (Wildman–Crippen MR) is 85.2 cm³/mol. The quantitative estimate of drug-likeness (QED) is 0.814. The molecule has 4 heteroatoms. The molecule has 2 N–H and O–H groups in total. The first-order valence-electron chi connectivity index (χ1n) is 9.01. The number of carbonyl (C=O) groups excluding carboxylic acids is 1. The van der Waals surface area contributed by atoms with Crippen molar-refractivity contribution in [3.63, 3.8) is 0 Å². The van der Waals surface area contributed by atoms with Crippen LogP contribution in [0, 0.1) is 5.92 Å². The summed E-state index contributed by atoms with van der Waals surface area (Å²) in [5.41, 5.74) is 0. The van der Waals surface area contributed by atoms with E-state index < -0.39 is 0 Å². The van der Waals surface area contributed by atoms with Gasteiger partial charge >= 0.3 is 0 Å². The van der Waals surface area contributed by atoms with Crippen LogP contribution in [0.15, 0.2) is 0 Å². The van der Waals surface area contributed by atoms with E-state index in [0.29, 0.717) is 18.0 Å². The highest BCUT2D eigenvalue weighted by molar-refractivity contribution is 5.78. The standard InChI is InChI=1S/C17H31N3O/c1-13(12-20-11-5-9-17(20)21)19-16-8-4-6-14(16)15-7-2-3-10-18-15/h13-16,18-19H,2-12H2,1H3. The Bertz CT molecular complexity index is 354. The minimum Gasteiger partial charge on any atom is -0.341 e. The molecule has 0 spiro atoms. The number of nitrogens with zero attached hydrogens (tertiary/aromatic N) is 1. The number of nitrogens with one attached hydrogen (secondary N) is 2. The van der Waals surface area contributed by atoms with Gasteiger partial charge in [0.2, 0.25) is 5.91 Å². The van der Waals surface area contributed by atoms with Gasteiger partial charge in [-0.2, -0.15) is 0 Å². The van der Waals surface area contributed by atoms with Gasteiger partial charge in [0.05, 0.1) is 0 Å². The Morgan fingerprint density at radius 2 is 2.14 bits per heavy atom. The van der Waals surface area contributed by atoms with Crippen LogP contribution in [-0.2, 0) is 4.79 Å². The van der Waals surface area contributed by atoms with Gasteiger partial charge in [-0.05, 0) is 51.5 Å². The lowest BCUT2D eigenvalue weighted by molar-refractivity contribution is -0.128. The van der Waals surface area contributed by atoms with Crippen molar-refractivity contribution in [3.05, 3.63) is 0 Å². The van der Waals surface area contributed by atoms with E-state index in [2.05, 4.69) is 17.6 Å². The van der Waals surface area contributed by atoms with Crippen LogP contribution < -0.4 is 10.6 Å². The van der Waals surface area contributed by atoms with E-state index in [4.69, 9.17) is 0 Å². The van der Waals surface area contributed by atoms with Crippen molar-refractivity contribution in [2.75, 3.05) is 19.6 Å². The molecule has 4 nitrogen and oxygen atoms in total. The summed E-state index contributed by atoms with van der Waals surface area (Å²) in [5.74, 6) is 1.14. The molecule has 0 aromatic heterocycles. The molecule has 21 heavy (non-hydrogen) atoms. The summed E-state index contributed by atoms with van der Waals surface area (Å²) in [5, 5.41) is 7.58. The normalized spacial score (nSPS) is 35.4. The number of likely N-dealkylation sites (tertiary alicyclic amines) is 1. The highest BCUT2D eigenvalue weighted by Gasteiger charge is 2.35. The van der Waals surface area contributed by atoms with Crippen LogP contribution >= 0.6 is 0 Å². The Morgan fingerprint density at radius 1 is 1.24 bits per heavy atom. The summed E-state index contributed by atoms with van der Waals surface area (Å²) in [6.07, 6.45) is 9.91. The maximum absolute atomic E-state index is 11.7. The highest BCUT2D eigenvalue weighted by atomic mass is 16.2. The molecule has 2 saturated heterocycles. The zero-order chi connectivity index (χ0) is 14.7. The first-order chi connectivity index (χ1) is 10.2. The van der Waals surface area contributed by atoms with E-state index in [1.807, 2.05) is 4.90 Å². The largest absolute Gasteiger partial charge is 0.341 e. The Hall–Kier alpha value is -0.610. The third kappa shape index (κ3) is 3.78. The van der Waals surface area contributed by atoms with E-state index in [0.717, 1.165) is 37.9 Å². The van der Waals surface area contributed by atoms with Crippen LogP contribution in [0.4, 0.5) is 0 Å². The molecule has 3 fully saturated rings. The molecule has 2 aliphatic heterocycles. The molecule has 1 amide bonds. The fourth-order valence-corrected chi connectivity index (χ4v) is 4.57. The maximum atomic E-state index is 11.7. The number of hydrogen-bond acceptors (Lipinski definition) is 3. The molecule has 2 heterocycles. The molecule has 0 bridgehead atoms. The fourth-order valence-electron chi connectivity index (χ4n) is 4.57. The Morgan fingerprint density at radius 3 is 2.86 bits per heavy atom. The minimum atomic E-state index is 0.348. The first kappa shape index (κ1) is 15.3. The van der Waals surface area contributed by atoms with Crippen molar-refractivity contribution in [1.29, 1.82) is 0 Å². The summed E-state index contributed by atoms with van der Waals surface area (Å²) in [7, 11) is 0. The topological polar surface area (TPSA) is 44.4 Å². The van der Waals surface area contributed by atoms with Crippen molar-refractivity contribution in [1.82, 2.24) is 15.5 Å². The zero-order valence-electron chi connectivity index (χ0n) is 13.4. The van der Waals surface area contributed by atoms with Gasteiger partial charge < -0.3 is 15.5 Å². The van der Waals surface area contributed by atoms with Crippen LogP contribution in [0.1, 0.15) is 58.3 Å². The van der Waals surface area contributed by atoms with E-state index in [1.54, 1.807) is 0 Å². The van der Waals surface area contributed by atoms with Gasteiger partial charge in [-0.15, -0.1) is 0 Å². The van der Waals surface area contributed by atoms with Crippen LogP contribution in [0.3, 0.4) is 0 Å². The molecule has 4 unspecified atom stereocenters. The zero-order valence-corrected chi connectivity index (χ0v) is 13.4. The molecular formula is C17H31N3O. The third-order valence-corrected chi connectivity index (χ3v) is 5.60. The lowest BCUT2D eigenvalue weighted by Crippen LogP contribution is -2.51. The maximum Gasteiger partial charge on any atom is 0.222 e. The average Bonchev–Trinajstić information content (AvgIpc) is 3.10. The molecule has 0 radical (unpaired) electrons. The second kappa shape index (κ2) is 7.10. The van der Waals surface area contributed by atoms with Crippen molar-refractivity contribution in [2.45, 2.75) is 76.4 Å². The molecule has 1 saturated carbocycles. The van der Waals surface area contributed by atoms with Gasteiger partial charge in [0, 0.05) is 37.6 Å². The van der Waals surface area contributed by atoms with Gasteiger partial charge in [0.1, 0.15) is 0 Å². The Labute approximate surface area is 129 Å². The van der Waals surface area contributed by atoms with Gasteiger partial charge in [0.25, 0.3) is 0 Å². The summed E-state index contributed by atoms with van der Waals surface area (Å²) >= 11 is 0. The predicted octanol–water partition coefficient (Wildman–Crippen LogP) is 1.90. The van der Waals surface area contributed by atoms with Gasteiger partial charge in [-0.1, -0.05) is 12.8 Å². The lowest BCUT2D eigenvalue weighted by Gasteiger charge is -2.35. The Kier molecular flexibility index (Phi) is 5.17. The van der Waals surface area contributed by atoms with E-state index in [9.17, 15) is 4.79 Å². The Balaban J connectivity index is 1.49. The fraction of sp³-hybridized carbons (Fsp3) is 0.941. The SMILES string of the molecule is CC(CN1CCCC1=O)NC1CCCC1C1CCCCN1. The second-order valence-electron chi connectivity index (χ2n) is 7.27. The van der Waals surface area contributed by atoms with Gasteiger partial charge in [-0.3, -0.25) is 4.79 Å². The minimum absolute atomic E-state index is 0.348. The summed E-state index contributed by atoms with van der Waals surface area (Å²) < 4.78 is 0. The summed E-state index contributed by atoms with van der Waals surface area (Å²) in [6.45, 7) is 5.30. The molecule has 4 atom stereocenters. The molecule has 0 aromatic rings. The number of amides is 1. The van der Waals surface area contributed by atoms with Crippen LogP contribution in [-0.4, -0.2) is 48.6 Å². The molecular weight excluding hydrogens is 262 g/mol. The lowest BCUT2D eigenvalue weighted by atomic mass is 9.88. The molecule has 3 rings (SSSR count). The monoisotopic (exact) mass is 293 g/mol. The smallest absolute Gasteiger partial charge is 0.222 e. The van der Waals surface area contributed by atoms with Crippen molar-refractivity contribution >= 4 is 5.91 Å². The van der Waals surface area contributed by atoms with E-state index >= 15 is 0 Å². The van der Waals surface area contributed by atoms with Crippen molar-refractivity contribution < 1.29 is 4.79 Å². The number of hydrogen-bond donors (Lipinski definition) is 2. The number of rotatable bonds is 5. The third-order valence-electron chi connectivity index (χ3n) is 5.60. The molecule has 0 aromatic carbocycles. The van der Waals surface area contributed by atoms with Crippen molar-refractivity contribution in [3.8, 4) is 0 Å². The molecule has 3 aliphatic rings. The molecule has 120 valence electrons. The summed E-state index contributed by atoms with van der Waals surface area (Å²) in [4.78, 5) is 13.8. The summed E-state index contributed by atoms with van der Waals surface area (Å²) in [6, 6.07) is 1.79. The van der Waals surface area contributed by atoms with Crippen LogP contribution in [0.2, 0.25) is 0 Å². The number of carbonyl (C=O) groups is 1. The first-order valence-corrected chi connectivity index (χ1v) is 9.01. The van der Waals surface area contributed by atoms with E-state index in [-0.39, 0.29) is 0 Å². The highest BCUT2D eigenvalue weighted by Crippen LogP contribution is 2.32. The average molecular weight is 293 g/mol. The van der Waals surface area contributed by atoms with Gasteiger partial charge in [-0.25, -0.2) is 0 Å². The van der Waals surface area contributed by atoms with Crippen LogP contribution in [0.25, 0.3) is 0 Å². The van der Waals surface area contributed by atoms with E-state index in [1.165, 1.54) is 45.1 Å². The second-order valence-corrected chi connectivity index (χ2v) is 7.27. The van der Waals surface area contributed by atoms with Crippen LogP contribution in [0.5, 0.6) is 0 Å². The van der Waals surface area contributed by atoms with Crippen molar-refractivity contribution in [2.24, 2.45) is 5.92 Å². The number of piperidine rings is 1. The van der Waals surface area contributed by atoms with Gasteiger partial charge in [0.15, 0.2) is 0 Å². The molecule has 1 aliphatic carbocycles.